The summed E-state index contributed by atoms with van der Waals surface area (Å²) >= 11 is 1.34. The first-order valence-corrected chi connectivity index (χ1v) is 10.5. The maximum absolute atomic E-state index is 12.5. The second-order valence-corrected chi connectivity index (χ2v) is 7.71. The van der Waals surface area contributed by atoms with Gasteiger partial charge in [0.2, 0.25) is 5.91 Å². The standard InChI is InChI=1S/C22H24N4O2S/c1-4-12-26-21(17-9-7-8-15(2)13-17)24-25-22(26)29-14-20(28)23-19-11-6-5-10-18(19)16(3)27/h5-11,13H,4,12,14H2,1-3H3,(H,23,28). The Bertz CT molecular complexity index is 1030. The number of nitrogens with one attached hydrogen (secondary N) is 1. The molecular weight excluding hydrogens is 384 g/mol. The van der Waals surface area contributed by atoms with E-state index in [1.807, 2.05) is 25.1 Å². The van der Waals surface area contributed by atoms with Crippen molar-refractivity contribution in [3.05, 3.63) is 59.7 Å². The molecule has 0 aliphatic carbocycles. The van der Waals surface area contributed by atoms with Crippen molar-refractivity contribution in [2.45, 2.75) is 38.9 Å². The van der Waals surface area contributed by atoms with Gasteiger partial charge in [-0.2, -0.15) is 0 Å². The van der Waals surface area contributed by atoms with Crippen LogP contribution in [-0.4, -0.2) is 32.2 Å². The van der Waals surface area contributed by atoms with E-state index in [0.717, 1.165) is 29.9 Å². The number of Topliss-reactive ketones (excluding diaryl/α,β-unsaturated/α-hetero) is 1. The zero-order valence-corrected chi connectivity index (χ0v) is 17.6. The van der Waals surface area contributed by atoms with Crippen LogP contribution < -0.4 is 5.32 Å². The zero-order valence-electron chi connectivity index (χ0n) is 16.8. The lowest BCUT2D eigenvalue weighted by Crippen LogP contribution is -2.16. The van der Waals surface area contributed by atoms with E-state index >= 15 is 0 Å². The minimum Gasteiger partial charge on any atom is -0.325 e. The fourth-order valence-electron chi connectivity index (χ4n) is 3.03. The predicted molar refractivity (Wildman–Crippen MR) is 116 cm³/mol. The third-order valence-corrected chi connectivity index (χ3v) is 5.32. The zero-order chi connectivity index (χ0) is 20.8. The first-order valence-electron chi connectivity index (χ1n) is 9.52. The van der Waals surface area contributed by atoms with Gasteiger partial charge < -0.3 is 9.88 Å². The van der Waals surface area contributed by atoms with Gasteiger partial charge in [-0.25, -0.2) is 0 Å². The largest absolute Gasteiger partial charge is 0.325 e. The lowest BCUT2D eigenvalue weighted by atomic mass is 10.1. The van der Waals surface area contributed by atoms with Crippen molar-refractivity contribution in [2.75, 3.05) is 11.1 Å². The summed E-state index contributed by atoms with van der Waals surface area (Å²) in [6, 6.07) is 15.2. The Morgan fingerprint density at radius 2 is 1.90 bits per heavy atom. The monoisotopic (exact) mass is 408 g/mol. The van der Waals surface area contributed by atoms with E-state index < -0.39 is 0 Å². The number of benzene rings is 2. The molecule has 2 aromatic carbocycles. The highest BCUT2D eigenvalue weighted by Gasteiger charge is 2.16. The molecule has 6 nitrogen and oxygen atoms in total. The third-order valence-electron chi connectivity index (χ3n) is 4.35. The van der Waals surface area contributed by atoms with Crippen LogP contribution >= 0.6 is 11.8 Å². The van der Waals surface area contributed by atoms with Crippen molar-refractivity contribution in [2.24, 2.45) is 0 Å². The lowest BCUT2D eigenvalue weighted by Gasteiger charge is -2.10. The predicted octanol–water partition coefficient (Wildman–Crippen LogP) is 4.60. The van der Waals surface area contributed by atoms with E-state index in [9.17, 15) is 9.59 Å². The van der Waals surface area contributed by atoms with Crippen LogP contribution in [0.2, 0.25) is 0 Å². The van der Waals surface area contributed by atoms with Crippen molar-refractivity contribution < 1.29 is 9.59 Å². The van der Waals surface area contributed by atoms with E-state index in [2.05, 4.69) is 33.1 Å². The maximum atomic E-state index is 12.5. The molecule has 7 heteroatoms. The van der Waals surface area contributed by atoms with Crippen molar-refractivity contribution in [3.63, 3.8) is 0 Å². The molecule has 0 saturated heterocycles. The molecule has 1 aromatic heterocycles. The highest BCUT2D eigenvalue weighted by atomic mass is 32.2. The van der Waals surface area contributed by atoms with Crippen molar-refractivity contribution in [1.82, 2.24) is 14.8 Å². The van der Waals surface area contributed by atoms with E-state index in [1.165, 1.54) is 18.7 Å². The van der Waals surface area contributed by atoms with Gasteiger partial charge >= 0.3 is 0 Å². The maximum Gasteiger partial charge on any atom is 0.234 e. The molecule has 0 radical (unpaired) electrons. The fourth-order valence-corrected chi connectivity index (χ4v) is 3.80. The van der Waals surface area contributed by atoms with Crippen LogP contribution in [0.25, 0.3) is 11.4 Å². The van der Waals surface area contributed by atoms with Gasteiger partial charge in [0.25, 0.3) is 0 Å². The van der Waals surface area contributed by atoms with Crippen LogP contribution in [0.1, 0.15) is 36.2 Å². The molecule has 0 aliphatic rings. The number of hydrogen-bond donors (Lipinski definition) is 1. The summed E-state index contributed by atoms with van der Waals surface area (Å²) in [5.74, 6) is 0.716. The minimum absolute atomic E-state index is 0.0842. The molecule has 0 bridgehead atoms. The van der Waals surface area contributed by atoms with Gasteiger partial charge in [0.15, 0.2) is 16.8 Å². The van der Waals surface area contributed by atoms with Crippen LogP contribution in [0.5, 0.6) is 0 Å². The van der Waals surface area contributed by atoms with E-state index in [-0.39, 0.29) is 17.4 Å². The number of aromatic nitrogens is 3. The normalized spacial score (nSPS) is 10.7. The molecule has 0 spiro atoms. The Morgan fingerprint density at radius 3 is 2.62 bits per heavy atom. The van der Waals surface area contributed by atoms with Crippen molar-refractivity contribution in [3.8, 4) is 11.4 Å². The first-order chi connectivity index (χ1) is 14.0. The SMILES string of the molecule is CCCn1c(SCC(=O)Nc2ccccc2C(C)=O)nnc1-c1cccc(C)c1. The quantitative estimate of drug-likeness (QED) is 0.435. The van der Waals surface area contributed by atoms with Crippen LogP contribution in [0.15, 0.2) is 53.7 Å². The summed E-state index contributed by atoms with van der Waals surface area (Å²) in [5, 5.41) is 12.2. The highest BCUT2D eigenvalue weighted by molar-refractivity contribution is 7.99. The van der Waals surface area contributed by atoms with Crippen LogP contribution in [-0.2, 0) is 11.3 Å². The number of aryl methyl sites for hydroxylation is 1. The molecule has 0 aliphatic heterocycles. The van der Waals surface area contributed by atoms with Gasteiger partial charge in [0, 0.05) is 17.7 Å². The number of amides is 1. The number of nitrogens with zero attached hydrogens (tertiary/aromatic N) is 3. The Balaban J connectivity index is 1.74. The van der Waals surface area contributed by atoms with Crippen LogP contribution in [0.3, 0.4) is 0 Å². The second kappa shape index (κ2) is 9.52. The highest BCUT2D eigenvalue weighted by Crippen LogP contribution is 2.25. The molecule has 29 heavy (non-hydrogen) atoms. The Morgan fingerprint density at radius 1 is 1.10 bits per heavy atom. The number of carbonyl (C=O) groups excluding carboxylic acids is 2. The second-order valence-electron chi connectivity index (χ2n) is 6.77. The van der Waals surface area contributed by atoms with Crippen LogP contribution in [0.4, 0.5) is 5.69 Å². The summed E-state index contributed by atoms with van der Waals surface area (Å²) in [4.78, 5) is 24.2. The Hall–Kier alpha value is -2.93. The summed E-state index contributed by atoms with van der Waals surface area (Å²) in [7, 11) is 0. The summed E-state index contributed by atoms with van der Waals surface area (Å²) in [6.45, 7) is 6.40. The summed E-state index contributed by atoms with van der Waals surface area (Å²) < 4.78 is 2.05. The van der Waals surface area contributed by atoms with Gasteiger partial charge in [-0.3, -0.25) is 9.59 Å². The molecule has 1 amide bonds. The topological polar surface area (TPSA) is 76.9 Å². The van der Waals surface area contributed by atoms with Gasteiger partial charge in [-0.05, 0) is 38.5 Å². The molecule has 150 valence electrons. The molecular formula is C22H24N4O2S. The molecule has 1 N–H and O–H groups in total. The van der Waals surface area contributed by atoms with E-state index in [4.69, 9.17) is 0 Å². The average molecular weight is 409 g/mol. The van der Waals surface area contributed by atoms with Crippen LogP contribution in [0, 0.1) is 6.92 Å². The Labute approximate surface area is 174 Å². The Kier molecular flexibility index (Phi) is 6.82. The number of hydrogen-bond acceptors (Lipinski definition) is 5. The summed E-state index contributed by atoms with van der Waals surface area (Å²) in [5.41, 5.74) is 3.20. The number of ketones is 1. The number of thioether (sulfide) groups is 1. The number of carbonyl (C=O) groups is 2. The first kappa shape index (κ1) is 20.8. The van der Waals surface area contributed by atoms with E-state index in [1.54, 1.807) is 24.3 Å². The van der Waals surface area contributed by atoms with Crippen molar-refractivity contribution in [1.29, 1.82) is 0 Å². The van der Waals surface area contributed by atoms with Gasteiger partial charge in [-0.1, -0.05) is 54.6 Å². The molecule has 0 fully saturated rings. The summed E-state index contributed by atoms with van der Waals surface area (Å²) in [6.07, 6.45) is 0.933. The lowest BCUT2D eigenvalue weighted by molar-refractivity contribution is -0.113. The third kappa shape index (κ3) is 5.12. The average Bonchev–Trinajstić information content (AvgIpc) is 3.09. The fraction of sp³-hybridized carbons (Fsp3) is 0.273. The number of para-hydroxylation sites is 1. The molecule has 3 aromatic rings. The number of anilines is 1. The smallest absolute Gasteiger partial charge is 0.234 e. The number of rotatable bonds is 8. The molecule has 3 rings (SSSR count). The molecule has 0 saturated carbocycles. The van der Waals surface area contributed by atoms with Gasteiger partial charge in [0.1, 0.15) is 0 Å². The van der Waals surface area contributed by atoms with Gasteiger partial charge in [-0.15, -0.1) is 10.2 Å². The minimum atomic E-state index is -0.188. The van der Waals surface area contributed by atoms with Gasteiger partial charge in [0.05, 0.1) is 11.4 Å². The van der Waals surface area contributed by atoms with Crippen molar-refractivity contribution >= 4 is 29.1 Å². The molecule has 0 unspecified atom stereocenters. The molecule has 0 atom stereocenters. The van der Waals surface area contributed by atoms with E-state index in [0.29, 0.717) is 16.4 Å². The molecule has 1 heterocycles.